The highest BCUT2D eigenvalue weighted by Gasteiger charge is 2.21. The first-order valence-electron chi connectivity index (χ1n) is 8.42. The molecule has 2 nitrogen and oxygen atoms in total. The number of likely N-dealkylation sites (tertiary alicyclic amines) is 1. The topological polar surface area (TPSA) is 15.3 Å². The van der Waals surface area contributed by atoms with Crippen molar-refractivity contribution in [1.29, 1.82) is 0 Å². The van der Waals surface area contributed by atoms with Crippen LogP contribution >= 0.6 is 11.6 Å². The van der Waals surface area contributed by atoms with E-state index in [0.717, 1.165) is 24.0 Å². The number of rotatable bonds is 6. The van der Waals surface area contributed by atoms with Crippen LogP contribution in [0.4, 0.5) is 0 Å². The maximum absolute atomic E-state index is 6.35. The van der Waals surface area contributed by atoms with Crippen LogP contribution in [0.15, 0.2) is 24.3 Å². The zero-order valence-corrected chi connectivity index (χ0v) is 14.2. The molecule has 21 heavy (non-hydrogen) atoms. The van der Waals surface area contributed by atoms with Crippen LogP contribution in [0.2, 0.25) is 5.02 Å². The Hall–Kier alpha value is -0.570. The molecule has 0 amide bonds. The van der Waals surface area contributed by atoms with Crippen LogP contribution in [-0.4, -0.2) is 31.1 Å². The van der Waals surface area contributed by atoms with Crippen molar-refractivity contribution in [2.24, 2.45) is 0 Å². The second-order valence-corrected chi connectivity index (χ2v) is 6.51. The maximum atomic E-state index is 6.35. The summed E-state index contributed by atoms with van der Waals surface area (Å²) in [4.78, 5) is 2.70. The average molecular weight is 309 g/mol. The molecule has 1 heterocycles. The van der Waals surface area contributed by atoms with Gasteiger partial charge in [-0.05, 0) is 50.9 Å². The highest BCUT2D eigenvalue weighted by Crippen LogP contribution is 2.26. The van der Waals surface area contributed by atoms with Gasteiger partial charge in [0.15, 0.2) is 0 Å². The second kappa shape index (κ2) is 8.77. The van der Waals surface area contributed by atoms with Gasteiger partial charge in [-0.1, -0.05) is 49.6 Å². The molecule has 0 spiro atoms. The first-order chi connectivity index (χ1) is 10.3. The highest BCUT2D eigenvalue weighted by atomic mass is 35.5. The molecule has 118 valence electrons. The Bertz CT molecular complexity index is 421. The van der Waals surface area contributed by atoms with Gasteiger partial charge >= 0.3 is 0 Å². The van der Waals surface area contributed by atoms with Gasteiger partial charge in [0, 0.05) is 23.7 Å². The molecule has 3 heteroatoms. The maximum Gasteiger partial charge on any atom is 0.0453 e. The summed E-state index contributed by atoms with van der Waals surface area (Å²) in [6, 6.07) is 9.33. The first-order valence-corrected chi connectivity index (χ1v) is 8.79. The minimum Gasteiger partial charge on any atom is -0.313 e. The lowest BCUT2D eigenvalue weighted by molar-refractivity contribution is 0.185. The van der Waals surface area contributed by atoms with Crippen molar-refractivity contribution in [1.82, 2.24) is 10.2 Å². The Morgan fingerprint density at radius 3 is 2.81 bits per heavy atom. The van der Waals surface area contributed by atoms with Crippen molar-refractivity contribution in [3.8, 4) is 0 Å². The molecule has 2 rings (SSSR count). The lowest BCUT2D eigenvalue weighted by atomic mass is 10.0. The van der Waals surface area contributed by atoms with E-state index >= 15 is 0 Å². The Kier molecular flexibility index (Phi) is 7.01. The van der Waals surface area contributed by atoms with Crippen LogP contribution in [-0.2, 0) is 0 Å². The van der Waals surface area contributed by atoms with Gasteiger partial charge in [-0.2, -0.15) is 0 Å². The van der Waals surface area contributed by atoms with Gasteiger partial charge in [0.25, 0.3) is 0 Å². The van der Waals surface area contributed by atoms with Crippen molar-refractivity contribution >= 4 is 11.6 Å². The number of nitrogens with one attached hydrogen (secondary N) is 1. The molecule has 0 aliphatic carbocycles. The molecule has 0 saturated carbocycles. The summed E-state index contributed by atoms with van der Waals surface area (Å²) in [6.07, 6.45) is 7.91. The molecule has 1 fully saturated rings. The summed E-state index contributed by atoms with van der Waals surface area (Å²) in [6.45, 7) is 4.75. The Labute approximate surface area is 134 Å². The lowest BCUT2D eigenvalue weighted by Crippen LogP contribution is -2.36. The molecule has 0 aromatic heterocycles. The molecule has 1 aliphatic rings. The molecule has 0 radical (unpaired) electrons. The molecule has 2 unspecified atom stereocenters. The zero-order valence-electron chi connectivity index (χ0n) is 13.4. The summed E-state index contributed by atoms with van der Waals surface area (Å²) in [7, 11) is 2.04. The molecule has 0 bridgehead atoms. The number of nitrogens with zero attached hydrogens (tertiary/aromatic N) is 1. The smallest absolute Gasteiger partial charge is 0.0453 e. The van der Waals surface area contributed by atoms with E-state index in [4.69, 9.17) is 11.6 Å². The number of benzene rings is 1. The van der Waals surface area contributed by atoms with E-state index in [1.54, 1.807) is 0 Å². The quantitative estimate of drug-likeness (QED) is 0.823. The minimum atomic E-state index is 0.347. The van der Waals surface area contributed by atoms with E-state index in [9.17, 15) is 0 Å². The summed E-state index contributed by atoms with van der Waals surface area (Å²) < 4.78 is 0. The fraction of sp³-hybridized carbons (Fsp3) is 0.667. The van der Waals surface area contributed by atoms with Gasteiger partial charge < -0.3 is 10.2 Å². The fourth-order valence-electron chi connectivity index (χ4n) is 3.50. The molecular weight excluding hydrogens is 280 g/mol. The Morgan fingerprint density at radius 2 is 2.10 bits per heavy atom. The minimum absolute atomic E-state index is 0.347. The van der Waals surface area contributed by atoms with E-state index in [2.05, 4.69) is 29.3 Å². The third-order valence-electron chi connectivity index (χ3n) is 4.80. The van der Waals surface area contributed by atoms with Crippen LogP contribution in [0, 0.1) is 0 Å². The predicted molar refractivity (Wildman–Crippen MR) is 92.0 cm³/mol. The predicted octanol–water partition coefficient (Wildman–Crippen LogP) is 4.65. The van der Waals surface area contributed by atoms with Crippen molar-refractivity contribution in [3.63, 3.8) is 0 Å². The molecule has 2 atom stereocenters. The van der Waals surface area contributed by atoms with Crippen LogP contribution in [0.3, 0.4) is 0 Å². The summed E-state index contributed by atoms with van der Waals surface area (Å²) in [5.74, 6) is 0. The van der Waals surface area contributed by atoms with E-state index in [1.807, 2.05) is 19.2 Å². The van der Waals surface area contributed by atoms with E-state index < -0.39 is 0 Å². The van der Waals surface area contributed by atoms with Crippen molar-refractivity contribution in [2.45, 2.75) is 57.5 Å². The summed E-state index contributed by atoms with van der Waals surface area (Å²) in [5.41, 5.74) is 1.23. The van der Waals surface area contributed by atoms with Gasteiger partial charge in [0.1, 0.15) is 0 Å². The third-order valence-corrected chi connectivity index (χ3v) is 5.15. The zero-order chi connectivity index (χ0) is 15.1. The highest BCUT2D eigenvalue weighted by molar-refractivity contribution is 6.31. The summed E-state index contributed by atoms with van der Waals surface area (Å²) >= 11 is 6.35. The van der Waals surface area contributed by atoms with Crippen LogP contribution in [0.1, 0.15) is 57.1 Å². The van der Waals surface area contributed by atoms with Crippen molar-refractivity contribution < 1.29 is 0 Å². The monoisotopic (exact) mass is 308 g/mol. The van der Waals surface area contributed by atoms with E-state index in [-0.39, 0.29) is 0 Å². The molecule has 1 aromatic rings. The van der Waals surface area contributed by atoms with Crippen LogP contribution < -0.4 is 5.32 Å². The largest absolute Gasteiger partial charge is 0.313 e. The number of hydrogen-bond acceptors (Lipinski definition) is 2. The fourth-order valence-corrected chi connectivity index (χ4v) is 3.77. The Balaban J connectivity index is 1.97. The first kappa shape index (κ1) is 16.8. The number of hydrogen-bond donors (Lipinski definition) is 1. The third kappa shape index (κ3) is 4.70. The standard InChI is InChI=1S/C18H29ClN2/c1-3-15-9-5-4-8-13-21(15)14-12-18(20-2)16-10-6-7-11-17(16)19/h6-7,10-11,15,18,20H,3-5,8-9,12-14H2,1-2H3. The van der Waals surface area contributed by atoms with Gasteiger partial charge in [-0.3, -0.25) is 0 Å². The van der Waals surface area contributed by atoms with Gasteiger partial charge in [0.2, 0.25) is 0 Å². The Morgan fingerprint density at radius 1 is 1.29 bits per heavy atom. The average Bonchev–Trinajstić information content (AvgIpc) is 2.74. The lowest BCUT2D eigenvalue weighted by Gasteiger charge is -2.31. The molecule has 1 aliphatic heterocycles. The molecule has 1 saturated heterocycles. The number of halogens is 1. The van der Waals surface area contributed by atoms with Gasteiger partial charge in [-0.25, -0.2) is 0 Å². The van der Waals surface area contributed by atoms with Crippen LogP contribution in [0.25, 0.3) is 0 Å². The molecular formula is C18H29ClN2. The van der Waals surface area contributed by atoms with Gasteiger partial charge in [-0.15, -0.1) is 0 Å². The SMILES string of the molecule is CCC1CCCCCN1CCC(NC)c1ccccc1Cl. The normalized spacial score (nSPS) is 22.0. The van der Waals surface area contributed by atoms with Crippen molar-refractivity contribution in [3.05, 3.63) is 34.9 Å². The van der Waals surface area contributed by atoms with E-state index in [1.165, 1.54) is 44.2 Å². The molecule has 1 aromatic carbocycles. The van der Waals surface area contributed by atoms with Crippen molar-refractivity contribution in [2.75, 3.05) is 20.1 Å². The second-order valence-electron chi connectivity index (χ2n) is 6.10. The summed E-state index contributed by atoms with van der Waals surface area (Å²) in [5, 5.41) is 4.31. The van der Waals surface area contributed by atoms with Gasteiger partial charge in [0.05, 0.1) is 0 Å². The van der Waals surface area contributed by atoms with Crippen LogP contribution in [0.5, 0.6) is 0 Å². The molecule has 1 N–H and O–H groups in total. The van der Waals surface area contributed by atoms with E-state index in [0.29, 0.717) is 6.04 Å².